The van der Waals surface area contributed by atoms with Crippen LogP contribution in [0.4, 0.5) is 0 Å². The second-order valence-electron chi connectivity index (χ2n) is 4.64. The molecule has 0 N–H and O–H groups in total. The molecule has 0 aliphatic heterocycles. The summed E-state index contributed by atoms with van der Waals surface area (Å²) < 4.78 is 10.6. The molecule has 18 heavy (non-hydrogen) atoms. The van der Waals surface area contributed by atoms with Crippen LogP contribution in [0.1, 0.15) is 27.7 Å². The maximum atomic E-state index is 11.8. The Bertz CT molecular complexity index is 352. The summed E-state index contributed by atoms with van der Waals surface area (Å²) in [6.07, 6.45) is 1.62. The first-order valence-corrected chi connectivity index (χ1v) is 8.00. The van der Waals surface area contributed by atoms with Gasteiger partial charge in [-0.05, 0) is 11.1 Å². The van der Waals surface area contributed by atoms with Gasteiger partial charge in [0.15, 0.2) is 0 Å². The molecule has 0 saturated heterocycles. The summed E-state index contributed by atoms with van der Waals surface area (Å²) in [5.41, 5.74) is 9.32. The highest BCUT2D eigenvalue weighted by Gasteiger charge is 2.57. The van der Waals surface area contributed by atoms with Gasteiger partial charge in [0.2, 0.25) is 0 Å². The van der Waals surface area contributed by atoms with Crippen molar-refractivity contribution in [3.05, 3.63) is 18.2 Å². The minimum Gasteiger partial charge on any atom is -0.461 e. The van der Waals surface area contributed by atoms with Crippen molar-refractivity contribution < 1.29 is 18.7 Å². The number of rotatable bonds is 7. The van der Waals surface area contributed by atoms with Crippen LogP contribution in [-0.2, 0) is 14.0 Å². The van der Waals surface area contributed by atoms with Crippen LogP contribution < -0.4 is 0 Å². The Balaban J connectivity index is 5.75. The number of methoxy groups -OCH3 is 1. The van der Waals surface area contributed by atoms with E-state index in [2.05, 4.69) is 16.1 Å². The first-order chi connectivity index (χ1) is 8.38. The van der Waals surface area contributed by atoms with Gasteiger partial charge in [-0.25, -0.2) is 4.79 Å². The molecule has 0 aliphatic carbocycles. The van der Waals surface area contributed by atoms with Crippen LogP contribution in [-0.4, -0.2) is 38.1 Å². The molecule has 102 valence electrons. The third kappa shape index (κ3) is 3.16. The largest absolute Gasteiger partial charge is 0.461 e. The van der Waals surface area contributed by atoms with Gasteiger partial charge in [0.25, 0.3) is 0 Å². The van der Waals surface area contributed by atoms with Crippen molar-refractivity contribution >= 4 is 19.6 Å². The second kappa shape index (κ2) is 7.26. The Hall–Kier alpha value is -1.23. The SMILES string of the molecule is C=CCO[Si](C(=[N+]=[N-])C(=O)OC)(C(C)C)C(C)C. The van der Waals surface area contributed by atoms with E-state index in [1.54, 1.807) is 6.08 Å². The highest BCUT2D eigenvalue weighted by Crippen LogP contribution is 2.34. The van der Waals surface area contributed by atoms with Gasteiger partial charge in [-0.3, -0.25) is 0 Å². The molecule has 0 bridgehead atoms. The topological polar surface area (TPSA) is 71.9 Å². The van der Waals surface area contributed by atoms with Gasteiger partial charge in [-0.1, -0.05) is 33.8 Å². The lowest BCUT2D eigenvalue weighted by atomic mass is 10.5. The summed E-state index contributed by atoms with van der Waals surface area (Å²) in [7, 11) is -1.47. The molecular formula is C12H22N2O3Si. The van der Waals surface area contributed by atoms with Crippen LogP contribution in [0.2, 0.25) is 11.1 Å². The average Bonchev–Trinajstić information content (AvgIpc) is 2.32. The number of hydrogen-bond donors (Lipinski definition) is 0. The first kappa shape index (κ1) is 16.8. The highest BCUT2D eigenvalue weighted by atomic mass is 28.4. The number of ether oxygens (including phenoxy) is 1. The van der Waals surface area contributed by atoms with Crippen LogP contribution in [0.5, 0.6) is 0 Å². The molecule has 0 atom stereocenters. The molecule has 0 amide bonds. The Kier molecular flexibility index (Phi) is 6.76. The molecule has 0 radical (unpaired) electrons. The molecule has 0 aliphatic rings. The fraction of sp³-hybridized carbons (Fsp3) is 0.667. The zero-order valence-corrected chi connectivity index (χ0v) is 12.8. The molecule has 5 nitrogen and oxygen atoms in total. The Labute approximate surface area is 110 Å². The third-order valence-electron chi connectivity index (χ3n) is 3.00. The van der Waals surface area contributed by atoms with Crippen molar-refractivity contribution in [3.63, 3.8) is 0 Å². The van der Waals surface area contributed by atoms with Crippen LogP contribution in [0, 0.1) is 0 Å². The minimum atomic E-state index is -2.73. The van der Waals surface area contributed by atoms with E-state index < -0.39 is 14.3 Å². The summed E-state index contributed by atoms with van der Waals surface area (Å²) in [4.78, 5) is 14.9. The molecule has 0 rings (SSSR count). The van der Waals surface area contributed by atoms with Crippen LogP contribution in [0.25, 0.3) is 5.53 Å². The standard InChI is InChI=1S/C12H22N2O3Si/c1-7-8-17-18(9(2)3,10(4)5)11(14-13)12(15)16-6/h7,9-10H,1,8H2,2-6H3. The van der Waals surface area contributed by atoms with Crippen molar-refractivity contribution in [2.45, 2.75) is 38.8 Å². The number of nitrogens with zero attached hydrogens (tertiary/aromatic N) is 2. The second-order valence-corrected chi connectivity index (χ2v) is 9.30. The van der Waals surface area contributed by atoms with E-state index in [1.165, 1.54) is 7.11 Å². The molecule has 6 heteroatoms. The fourth-order valence-electron chi connectivity index (χ4n) is 2.19. The van der Waals surface area contributed by atoms with Crippen LogP contribution in [0.3, 0.4) is 0 Å². The summed E-state index contributed by atoms with van der Waals surface area (Å²) in [5.74, 6) is -0.629. The summed E-state index contributed by atoms with van der Waals surface area (Å²) in [6.45, 7) is 11.8. The van der Waals surface area contributed by atoms with E-state index in [1.807, 2.05) is 27.7 Å². The van der Waals surface area contributed by atoms with Crippen molar-refractivity contribution in [2.75, 3.05) is 13.7 Å². The molecule has 0 saturated carbocycles. The number of esters is 1. The van der Waals surface area contributed by atoms with E-state index in [0.717, 1.165) is 0 Å². The lowest BCUT2D eigenvalue weighted by molar-refractivity contribution is -0.137. The molecule has 0 spiro atoms. The number of carbonyl (C=O) groups is 1. The minimum absolute atomic E-state index is 0.0249. The molecule has 0 aromatic carbocycles. The lowest BCUT2D eigenvalue weighted by Crippen LogP contribution is -2.57. The zero-order chi connectivity index (χ0) is 14.3. The predicted molar refractivity (Wildman–Crippen MR) is 72.7 cm³/mol. The first-order valence-electron chi connectivity index (χ1n) is 5.94. The molecule has 0 aromatic heterocycles. The average molecular weight is 270 g/mol. The summed E-state index contributed by atoms with van der Waals surface area (Å²) >= 11 is 0. The van der Waals surface area contributed by atoms with Gasteiger partial charge in [-0.2, -0.15) is 4.79 Å². The van der Waals surface area contributed by atoms with E-state index in [9.17, 15) is 10.3 Å². The van der Waals surface area contributed by atoms with Gasteiger partial charge in [0.05, 0.1) is 13.7 Å². The van der Waals surface area contributed by atoms with Gasteiger partial charge in [0, 0.05) is 0 Å². The van der Waals surface area contributed by atoms with Crippen molar-refractivity contribution in [2.24, 2.45) is 0 Å². The van der Waals surface area contributed by atoms with Crippen LogP contribution >= 0.6 is 0 Å². The van der Waals surface area contributed by atoms with Gasteiger partial charge >= 0.3 is 19.6 Å². The van der Waals surface area contributed by atoms with Crippen molar-refractivity contribution in [1.29, 1.82) is 0 Å². The molecule has 0 heterocycles. The highest BCUT2D eigenvalue weighted by molar-refractivity contribution is 7.11. The molecule has 0 fully saturated rings. The van der Waals surface area contributed by atoms with Crippen LogP contribution in [0.15, 0.2) is 12.7 Å². The predicted octanol–water partition coefficient (Wildman–Crippen LogP) is 2.34. The Morgan fingerprint density at radius 1 is 1.39 bits per heavy atom. The quantitative estimate of drug-likeness (QED) is 0.178. The van der Waals surface area contributed by atoms with Gasteiger partial charge < -0.3 is 14.7 Å². The van der Waals surface area contributed by atoms with Gasteiger partial charge in [0.1, 0.15) is 0 Å². The number of carbonyl (C=O) groups excluding carboxylic acids is 1. The summed E-state index contributed by atoms with van der Waals surface area (Å²) in [5, 5.41) is 0.0249. The van der Waals surface area contributed by atoms with E-state index >= 15 is 0 Å². The fourth-order valence-corrected chi connectivity index (χ4v) is 6.39. The third-order valence-corrected chi connectivity index (χ3v) is 8.12. The normalized spacial score (nSPS) is 11.3. The molecule has 0 aromatic rings. The van der Waals surface area contributed by atoms with Crippen molar-refractivity contribution in [1.82, 2.24) is 0 Å². The van der Waals surface area contributed by atoms with E-state index in [-0.39, 0.29) is 16.4 Å². The summed E-state index contributed by atoms with van der Waals surface area (Å²) in [6, 6.07) is 0. The molecular weight excluding hydrogens is 248 g/mol. The van der Waals surface area contributed by atoms with E-state index in [0.29, 0.717) is 6.61 Å². The van der Waals surface area contributed by atoms with Gasteiger partial charge in [-0.15, -0.1) is 6.58 Å². The zero-order valence-electron chi connectivity index (χ0n) is 11.8. The number of hydrogen-bond acceptors (Lipinski definition) is 3. The Morgan fingerprint density at radius 2 is 1.89 bits per heavy atom. The van der Waals surface area contributed by atoms with E-state index in [4.69, 9.17) is 4.43 Å². The monoisotopic (exact) mass is 270 g/mol. The van der Waals surface area contributed by atoms with Crippen molar-refractivity contribution in [3.8, 4) is 0 Å². The maximum Gasteiger partial charge on any atom is 0.413 e. The smallest absolute Gasteiger partial charge is 0.413 e. The lowest BCUT2D eigenvalue weighted by Gasteiger charge is -2.32. The molecule has 0 unspecified atom stereocenters. The Morgan fingerprint density at radius 3 is 2.17 bits per heavy atom. The maximum absolute atomic E-state index is 11.8.